The van der Waals surface area contributed by atoms with Gasteiger partial charge < -0.3 is 9.47 Å². The highest BCUT2D eigenvalue weighted by molar-refractivity contribution is 5.06. The molecule has 2 rings (SSSR count). The molecule has 0 amide bonds. The molecule has 1 aliphatic heterocycles. The standard InChI is InChI=1S/C14H20N2O4/c1-3-4-7-19-9-11-5-6-12(20-11)16-8-10(2)13(17)15-14(16)18/h5-6,8,11-12H,3-4,7,9H2,1-2H3,(H,15,17,18)/t11-,12+/m0/s1. The molecule has 1 aromatic rings. The highest BCUT2D eigenvalue weighted by Gasteiger charge is 2.21. The van der Waals surface area contributed by atoms with Crippen molar-refractivity contribution in [3.8, 4) is 0 Å². The number of nitrogens with one attached hydrogen (secondary N) is 1. The van der Waals surface area contributed by atoms with Gasteiger partial charge in [-0.25, -0.2) is 4.79 Å². The highest BCUT2D eigenvalue weighted by Crippen LogP contribution is 2.19. The summed E-state index contributed by atoms with van der Waals surface area (Å²) in [6, 6.07) is 0. The summed E-state index contributed by atoms with van der Waals surface area (Å²) in [5.74, 6) is 0. The summed E-state index contributed by atoms with van der Waals surface area (Å²) in [6.07, 6.45) is 6.66. The zero-order valence-corrected chi connectivity index (χ0v) is 11.8. The van der Waals surface area contributed by atoms with Crippen molar-refractivity contribution >= 4 is 0 Å². The van der Waals surface area contributed by atoms with E-state index in [0.29, 0.717) is 18.8 Å². The Morgan fingerprint density at radius 1 is 1.40 bits per heavy atom. The summed E-state index contributed by atoms with van der Waals surface area (Å²) in [7, 11) is 0. The molecule has 6 nitrogen and oxygen atoms in total. The van der Waals surface area contributed by atoms with Gasteiger partial charge in [0.25, 0.3) is 5.56 Å². The monoisotopic (exact) mass is 280 g/mol. The fourth-order valence-electron chi connectivity index (χ4n) is 1.96. The van der Waals surface area contributed by atoms with Crippen LogP contribution in [0.1, 0.15) is 31.6 Å². The molecular formula is C14H20N2O4. The van der Waals surface area contributed by atoms with Crippen LogP contribution in [0.4, 0.5) is 0 Å². The number of ether oxygens (including phenoxy) is 2. The SMILES string of the molecule is CCCCOC[C@@H]1C=C[C@H](n2cc(C)c(=O)[nH]c2=O)O1. The van der Waals surface area contributed by atoms with Crippen LogP contribution in [0.3, 0.4) is 0 Å². The second-order valence-electron chi connectivity index (χ2n) is 4.86. The molecule has 1 aromatic heterocycles. The van der Waals surface area contributed by atoms with E-state index in [4.69, 9.17) is 9.47 Å². The molecule has 20 heavy (non-hydrogen) atoms. The van der Waals surface area contributed by atoms with Gasteiger partial charge in [0.05, 0.1) is 6.61 Å². The number of aromatic nitrogens is 2. The van der Waals surface area contributed by atoms with Gasteiger partial charge in [-0.1, -0.05) is 19.4 Å². The van der Waals surface area contributed by atoms with Crippen molar-refractivity contribution in [3.63, 3.8) is 0 Å². The van der Waals surface area contributed by atoms with Crippen LogP contribution >= 0.6 is 0 Å². The molecule has 0 aromatic carbocycles. The van der Waals surface area contributed by atoms with Crippen LogP contribution in [0.15, 0.2) is 27.9 Å². The minimum atomic E-state index is -0.488. The maximum absolute atomic E-state index is 11.7. The number of aromatic amines is 1. The van der Waals surface area contributed by atoms with Gasteiger partial charge in [0.15, 0.2) is 6.23 Å². The molecule has 0 bridgehead atoms. The van der Waals surface area contributed by atoms with E-state index >= 15 is 0 Å². The van der Waals surface area contributed by atoms with Gasteiger partial charge >= 0.3 is 5.69 Å². The number of hydrogen-bond donors (Lipinski definition) is 1. The average Bonchev–Trinajstić information content (AvgIpc) is 2.87. The van der Waals surface area contributed by atoms with Gasteiger partial charge in [0.1, 0.15) is 6.10 Å². The molecule has 2 heterocycles. The van der Waals surface area contributed by atoms with E-state index in [1.807, 2.05) is 6.08 Å². The molecule has 1 N–H and O–H groups in total. The Balaban J connectivity index is 1.97. The van der Waals surface area contributed by atoms with Crippen molar-refractivity contribution in [2.75, 3.05) is 13.2 Å². The Kier molecular flexibility index (Phi) is 4.92. The molecule has 0 unspecified atom stereocenters. The quantitative estimate of drug-likeness (QED) is 0.626. The van der Waals surface area contributed by atoms with Crippen molar-refractivity contribution in [1.29, 1.82) is 0 Å². The van der Waals surface area contributed by atoms with Crippen molar-refractivity contribution in [2.45, 2.75) is 39.0 Å². The summed E-state index contributed by atoms with van der Waals surface area (Å²) in [6.45, 7) is 4.95. The third-order valence-corrected chi connectivity index (χ3v) is 3.15. The molecule has 0 saturated carbocycles. The van der Waals surface area contributed by atoms with Crippen LogP contribution < -0.4 is 11.2 Å². The summed E-state index contributed by atoms with van der Waals surface area (Å²) in [5.41, 5.74) is -0.361. The minimum absolute atomic E-state index is 0.156. The number of rotatable bonds is 6. The van der Waals surface area contributed by atoms with Crippen LogP contribution in [-0.2, 0) is 9.47 Å². The molecule has 2 atom stereocenters. The first-order chi connectivity index (χ1) is 9.61. The van der Waals surface area contributed by atoms with Crippen LogP contribution in [0.25, 0.3) is 0 Å². The van der Waals surface area contributed by atoms with Crippen LogP contribution in [-0.4, -0.2) is 28.9 Å². The fraction of sp³-hybridized carbons (Fsp3) is 0.571. The van der Waals surface area contributed by atoms with E-state index in [1.54, 1.807) is 13.0 Å². The molecule has 0 radical (unpaired) electrons. The number of hydrogen-bond acceptors (Lipinski definition) is 4. The first kappa shape index (κ1) is 14.7. The summed E-state index contributed by atoms with van der Waals surface area (Å²) >= 11 is 0. The summed E-state index contributed by atoms with van der Waals surface area (Å²) in [5, 5.41) is 0. The van der Waals surface area contributed by atoms with E-state index in [-0.39, 0.29) is 11.7 Å². The van der Waals surface area contributed by atoms with Crippen molar-refractivity contribution in [1.82, 2.24) is 9.55 Å². The van der Waals surface area contributed by atoms with Gasteiger partial charge in [0.2, 0.25) is 0 Å². The first-order valence-corrected chi connectivity index (χ1v) is 6.85. The van der Waals surface area contributed by atoms with E-state index in [2.05, 4.69) is 11.9 Å². The van der Waals surface area contributed by atoms with Crippen molar-refractivity contribution < 1.29 is 9.47 Å². The molecular weight excluding hydrogens is 260 g/mol. The van der Waals surface area contributed by atoms with Crippen molar-refractivity contribution in [2.24, 2.45) is 0 Å². The second kappa shape index (κ2) is 6.67. The molecule has 0 fully saturated rings. The van der Waals surface area contributed by atoms with E-state index in [0.717, 1.165) is 12.8 Å². The molecule has 6 heteroatoms. The smallest absolute Gasteiger partial charge is 0.330 e. The number of H-pyrrole nitrogens is 1. The van der Waals surface area contributed by atoms with E-state index < -0.39 is 11.9 Å². The van der Waals surface area contributed by atoms with E-state index in [1.165, 1.54) is 10.8 Å². The molecule has 0 spiro atoms. The maximum Gasteiger partial charge on any atom is 0.330 e. The maximum atomic E-state index is 11.7. The number of unbranched alkanes of at least 4 members (excludes halogenated alkanes) is 1. The van der Waals surface area contributed by atoms with Crippen LogP contribution in [0.2, 0.25) is 0 Å². The zero-order chi connectivity index (χ0) is 14.5. The normalized spacial score (nSPS) is 21.5. The molecule has 0 saturated heterocycles. The Hall–Kier alpha value is -1.66. The third-order valence-electron chi connectivity index (χ3n) is 3.15. The van der Waals surface area contributed by atoms with Crippen molar-refractivity contribution in [3.05, 3.63) is 44.8 Å². The van der Waals surface area contributed by atoms with Gasteiger partial charge in [-0.3, -0.25) is 14.3 Å². The first-order valence-electron chi connectivity index (χ1n) is 6.85. The summed E-state index contributed by atoms with van der Waals surface area (Å²) in [4.78, 5) is 25.3. The largest absolute Gasteiger partial charge is 0.378 e. The lowest BCUT2D eigenvalue weighted by molar-refractivity contribution is -0.0309. The lowest BCUT2D eigenvalue weighted by atomic mass is 10.3. The third kappa shape index (κ3) is 3.46. The Morgan fingerprint density at radius 3 is 2.95 bits per heavy atom. The fourth-order valence-corrected chi connectivity index (χ4v) is 1.96. The van der Waals surface area contributed by atoms with Gasteiger partial charge in [-0.15, -0.1) is 0 Å². The number of aryl methyl sites for hydroxylation is 1. The topological polar surface area (TPSA) is 73.3 Å². The molecule has 1 aliphatic rings. The van der Waals surface area contributed by atoms with Gasteiger partial charge in [-0.05, 0) is 19.4 Å². The number of nitrogens with zero attached hydrogens (tertiary/aromatic N) is 1. The second-order valence-corrected chi connectivity index (χ2v) is 4.86. The molecule has 110 valence electrons. The predicted octanol–water partition coefficient (Wildman–Crippen LogP) is 1.12. The lowest BCUT2D eigenvalue weighted by Crippen LogP contribution is -2.33. The summed E-state index contributed by atoms with van der Waals surface area (Å²) < 4.78 is 12.6. The van der Waals surface area contributed by atoms with Crippen LogP contribution in [0.5, 0.6) is 0 Å². The Labute approximate surface area is 117 Å². The van der Waals surface area contributed by atoms with Crippen LogP contribution in [0, 0.1) is 6.92 Å². The lowest BCUT2D eigenvalue weighted by Gasteiger charge is -2.16. The average molecular weight is 280 g/mol. The van der Waals surface area contributed by atoms with Gasteiger partial charge in [0, 0.05) is 18.4 Å². The minimum Gasteiger partial charge on any atom is -0.378 e. The van der Waals surface area contributed by atoms with Gasteiger partial charge in [-0.2, -0.15) is 0 Å². The Morgan fingerprint density at radius 2 is 2.20 bits per heavy atom. The Bertz CT molecular complexity index is 588. The predicted molar refractivity (Wildman–Crippen MR) is 74.8 cm³/mol. The molecule has 0 aliphatic carbocycles. The zero-order valence-electron chi connectivity index (χ0n) is 11.8. The van der Waals surface area contributed by atoms with E-state index in [9.17, 15) is 9.59 Å². The highest BCUT2D eigenvalue weighted by atomic mass is 16.5.